The maximum Gasteiger partial charge on any atom is 0.223 e. The number of halogens is 1. The van der Waals surface area contributed by atoms with Crippen LogP contribution in [-0.2, 0) is 11.3 Å². The van der Waals surface area contributed by atoms with E-state index >= 15 is 0 Å². The van der Waals surface area contributed by atoms with Crippen LogP contribution in [0.1, 0.15) is 25.3 Å². The van der Waals surface area contributed by atoms with Gasteiger partial charge in [0.15, 0.2) is 0 Å². The van der Waals surface area contributed by atoms with Gasteiger partial charge in [-0.15, -0.1) is 0 Å². The van der Waals surface area contributed by atoms with Crippen LogP contribution in [0, 0.1) is 5.92 Å². The number of rotatable bonds is 4. The molecule has 1 aliphatic heterocycles. The molecule has 2 N–H and O–H groups in total. The highest BCUT2D eigenvalue weighted by Gasteiger charge is 2.24. The molecule has 1 saturated heterocycles. The van der Waals surface area contributed by atoms with Crippen LogP contribution in [0.15, 0.2) is 18.2 Å². The molecule has 0 aromatic heterocycles. The fraction of sp³-hybridized carbons (Fsp3) is 0.533. The first-order valence-corrected chi connectivity index (χ1v) is 7.32. The van der Waals surface area contributed by atoms with Gasteiger partial charge in [-0.2, -0.15) is 0 Å². The summed E-state index contributed by atoms with van der Waals surface area (Å²) in [7, 11) is 1.60. The van der Waals surface area contributed by atoms with E-state index in [-0.39, 0.29) is 11.8 Å². The number of carbonyl (C=O) groups excluding carboxylic acids is 1. The topological polar surface area (TPSA) is 50.4 Å². The lowest BCUT2D eigenvalue weighted by Crippen LogP contribution is -2.42. The molecule has 1 aromatic carbocycles. The Labute approximate surface area is 124 Å². The number of carbonyl (C=O) groups is 1. The van der Waals surface area contributed by atoms with Crippen molar-refractivity contribution in [3.8, 4) is 5.75 Å². The number of hydrogen-bond donors (Lipinski definition) is 2. The van der Waals surface area contributed by atoms with Crippen molar-refractivity contribution in [3.63, 3.8) is 0 Å². The van der Waals surface area contributed by atoms with E-state index in [0.717, 1.165) is 24.9 Å². The number of hydrogen-bond acceptors (Lipinski definition) is 3. The Morgan fingerprint density at radius 1 is 1.55 bits per heavy atom. The summed E-state index contributed by atoms with van der Waals surface area (Å²) in [5.41, 5.74) is 0.826. The summed E-state index contributed by atoms with van der Waals surface area (Å²) in [4.78, 5) is 12.2. The first kappa shape index (κ1) is 15.1. The molecule has 1 aliphatic rings. The molecule has 1 heterocycles. The first-order valence-electron chi connectivity index (χ1n) is 6.94. The van der Waals surface area contributed by atoms with Gasteiger partial charge < -0.3 is 15.4 Å². The van der Waals surface area contributed by atoms with Gasteiger partial charge in [-0.1, -0.05) is 17.7 Å². The van der Waals surface area contributed by atoms with E-state index in [1.54, 1.807) is 13.2 Å². The van der Waals surface area contributed by atoms with E-state index in [9.17, 15) is 4.79 Å². The molecular weight excluding hydrogens is 276 g/mol. The van der Waals surface area contributed by atoms with Crippen LogP contribution in [0.2, 0.25) is 5.02 Å². The van der Waals surface area contributed by atoms with Gasteiger partial charge in [-0.3, -0.25) is 4.79 Å². The van der Waals surface area contributed by atoms with Gasteiger partial charge in [0.25, 0.3) is 0 Å². The third kappa shape index (κ3) is 3.64. The maximum atomic E-state index is 12.2. The zero-order chi connectivity index (χ0) is 14.5. The third-order valence-corrected chi connectivity index (χ3v) is 4.08. The second kappa shape index (κ2) is 6.95. The van der Waals surface area contributed by atoms with E-state index in [4.69, 9.17) is 16.3 Å². The minimum Gasteiger partial charge on any atom is -0.496 e. The molecule has 1 amide bonds. The smallest absolute Gasteiger partial charge is 0.223 e. The Bertz CT molecular complexity index is 479. The van der Waals surface area contributed by atoms with Crippen LogP contribution in [0.25, 0.3) is 0 Å². The Balaban J connectivity index is 1.96. The molecule has 0 bridgehead atoms. The fourth-order valence-electron chi connectivity index (χ4n) is 2.59. The van der Waals surface area contributed by atoms with Gasteiger partial charge in [-0.05, 0) is 38.4 Å². The number of nitrogens with one attached hydrogen (secondary N) is 2. The standard InChI is InChI=1S/C15H21ClN2O2/c1-10-8-11(6-7-17-10)15(19)18-9-12-13(16)4-3-5-14(12)20-2/h3-5,10-11,17H,6-9H2,1-2H3,(H,18,19). The molecule has 0 saturated carbocycles. The lowest BCUT2D eigenvalue weighted by atomic mass is 9.92. The van der Waals surface area contributed by atoms with Crippen LogP contribution in [0.4, 0.5) is 0 Å². The van der Waals surface area contributed by atoms with E-state index in [0.29, 0.717) is 23.4 Å². The van der Waals surface area contributed by atoms with Crippen LogP contribution in [0.3, 0.4) is 0 Å². The van der Waals surface area contributed by atoms with Crippen molar-refractivity contribution in [2.24, 2.45) is 5.92 Å². The summed E-state index contributed by atoms with van der Waals surface area (Å²) in [6.45, 7) is 3.41. The van der Waals surface area contributed by atoms with Crippen molar-refractivity contribution in [2.45, 2.75) is 32.4 Å². The molecule has 0 aliphatic carbocycles. The molecule has 0 radical (unpaired) electrons. The van der Waals surface area contributed by atoms with Crippen LogP contribution >= 0.6 is 11.6 Å². The molecule has 2 unspecified atom stereocenters. The lowest BCUT2D eigenvalue weighted by Gasteiger charge is -2.27. The summed E-state index contributed by atoms with van der Waals surface area (Å²) in [5.74, 6) is 0.886. The monoisotopic (exact) mass is 296 g/mol. The average Bonchev–Trinajstić information content (AvgIpc) is 2.45. The largest absolute Gasteiger partial charge is 0.496 e. The normalized spacial score (nSPS) is 22.4. The maximum absolute atomic E-state index is 12.2. The minimum atomic E-state index is 0.0831. The molecule has 5 heteroatoms. The van der Waals surface area contributed by atoms with Gasteiger partial charge in [0.1, 0.15) is 5.75 Å². The second-order valence-electron chi connectivity index (χ2n) is 5.21. The molecule has 1 aromatic rings. The highest BCUT2D eigenvalue weighted by Crippen LogP contribution is 2.26. The van der Waals surface area contributed by atoms with Crippen molar-refractivity contribution in [1.29, 1.82) is 0 Å². The van der Waals surface area contributed by atoms with Crippen molar-refractivity contribution in [3.05, 3.63) is 28.8 Å². The molecule has 110 valence electrons. The Morgan fingerprint density at radius 3 is 3.05 bits per heavy atom. The molecule has 20 heavy (non-hydrogen) atoms. The van der Waals surface area contributed by atoms with Crippen LogP contribution in [0.5, 0.6) is 5.75 Å². The highest BCUT2D eigenvalue weighted by molar-refractivity contribution is 6.31. The van der Waals surface area contributed by atoms with Gasteiger partial charge in [0.2, 0.25) is 5.91 Å². The van der Waals surface area contributed by atoms with Crippen LogP contribution < -0.4 is 15.4 Å². The first-order chi connectivity index (χ1) is 9.61. The molecule has 4 nitrogen and oxygen atoms in total. The van der Waals surface area contributed by atoms with Crippen molar-refractivity contribution in [1.82, 2.24) is 10.6 Å². The van der Waals surface area contributed by atoms with E-state index in [1.807, 2.05) is 12.1 Å². The fourth-order valence-corrected chi connectivity index (χ4v) is 2.82. The highest BCUT2D eigenvalue weighted by atomic mass is 35.5. The molecule has 1 fully saturated rings. The van der Waals surface area contributed by atoms with Gasteiger partial charge in [0.05, 0.1) is 7.11 Å². The molecular formula is C15H21ClN2O2. The number of ether oxygens (including phenoxy) is 1. The molecule has 2 atom stereocenters. The number of amides is 1. The second-order valence-corrected chi connectivity index (χ2v) is 5.62. The molecule has 0 spiro atoms. The summed E-state index contributed by atoms with van der Waals surface area (Å²) in [6, 6.07) is 5.88. The zero-order valence-electron chi connectivity index (χ0n) is 11.9. The van der Waals surface area contributed by atoms with Gasteiger partial charge in [-0.25, -0.2) is 0 Å². The Morgan fingerprint density at radius 2 is 2.35 bits per heavy atom. The molecule has 2 rings (SSSR count). The Kier molecular flexibility index (Phi) is 5.26. The van der Waals surface area contributed by atoms with E-state index in [2.05, 4.69) is 17.6 Å². The summed E-state index contributed by atoms with van der Waals surface area (Å²) in [5, 5.41) is 6.93. The van der Waals surface area contributed by atoms with Crippen molar-refractivity contribution < 1.29 is 9.53 Å². The number of benzene rings is 1. The van der Waals surface area contributed by atoms with E-state index < -0.39 is 0 Å². The number of methoxy groups -OCH3 is 1. The summed E-state index contributed by atoms with van der Waals surface area (Å²) in [6.07, 6.45) is 1.77. The van der Waals surface area contributed by atoms with Crippen molar-refractivity contribution >= 4 is 17.5 Å². The lowest BCUT2D eigenvalue weighted by molar-refractivity contribution is -0.126. The predicted octanol–water partition coefficient (Wildman–Crippen LogP) is 2.35. The van der Waals surface area contributed by atoms with E-state index in [1.165, 1.54) is 0 Å². The predicted molar refractivity (Wildman–Crippen MR) is 80.0 cm³/mol. The average molecular weight is 297 g/mol. The number of piperidine rings is 1. The third-order valence-electron chi connectivity index (χ3n) is 3.73. The van der Waals surface area contributed by atoms with Gasteiger partial charge in [0, 0.05) is 29.1 Å². The summed E-state index contributed by atoms with van der Waals surface area (Å²) < 4.78 is 5.28. The zero-order valence-corrected chi connectivity index (χ0v) is 12.7. The van der Waals surface area contributed by atoms with Crippen LogP contribution in [-0.4, -0.2) is 25.6 Å². The van der Waals surface area contributed by atoms with Gasteiger partial charge >= 0.3 is 0 Å². The quantitative estimate of drug-likeness (QED) is 0.897. The van der Waals surface area contributed by atoms with Crippen molar-refractivity contribution in [2.75, 3.05) is 13.7 Å². The summed E-state index contributed by atoms with van der Waals surface area (Å²) >= 11 is 6.16. The SMILES string of the molecule is COc1cccc(Cl)c1CNC(=O)C1CCNC(C)C1. The Hall–Kier alpha value is -1.26. The minimum absolute atomic E-state index is 0.0831.